The van der Waals surface area contributed by atoms with Crippen molar-refractivity contribution in [1.29, 1.82) is 0 Å². The molecule has 104 valence electrons. The number of carbonyl (C=O) groups is 1. The molecule has 0 saturated carbocycles. The zero-order valence-corrected chi connectivity index (χ0v) is 10.4. The summed E-state index contributed by atoms with van der Waals surface area (Å²) in [4.78, 5) is 20.8. The van der Waals surface area contributed by atoms with Crippen LogP contribution in [-0.2, 0) is 9.53 Å². The Bertz CT molecular complexity index is 430. The molecule has 0 heterocycles. The van der Waals surface area contributed by atoms with Gasteiger partial charge in [0.25, 0.3) is 5.69 Å². The minimum Gasteiger partial charge on any atom is -0.491 e. The van der Waals surface area contributed by atoms with Crippen molar-refractivity contribution in [3.05, 3.63) is 34.4 Å². The van der Waals surface area contributed by atoms with Crippen LogP contribution in [0.5, 0.6) is 5.75 Å². The van der Waals surface area contributed by atoms with Crippen molar-refractivity contribution < 1.29 is 24.3 Å². The summed E-state index contributed by atoms with van der Waals surface area (Å²) < 4.78 is 9.94. The van der Waals surface area contributed by atoms with Crippen molar-refractivity contribution in [2.75, 3.05) is 13.2 Å². The van der Waals surface area contributed by atoms with E-state index in [2.05, 4.69) is 0 Å². The van der Waals surface area contributed by atoms with E-state index in [4.69, 9.17) is 9.47 Å². The molecular formula is C12H15NO6. The fourth-order valence-electron chi connectivity index (χ4n) is 1.20. The molecule has 0 aromatic heterocycles. The minimum atomic E-state index is -0.939. The van der Waals surface area contributed by atoms with E-state index in [1.165, 1.54) is 24.3 Å². The lowest BCUT2D eigenvalue weighted by molar-refractivity contribution is -0.384. The van der Waals surface area contributed by atoms with Crippen molar-refractivity contribution in [1.82, 2.24) is 0 Å². The Labute approximate surface area is 109 Å². The summed E-state index contributed by atoms with van der Waals surface area (Å²) in [5, 5.41) is 19.9. The zero-order chi connectivity index (χ0) is 14.3. The van der Waals surface area contributed by atoms with E-state index in [-0.39, 0.29) is 25.3 Å². The number of aliphatic hydroxyl groups is 1. The average Bonchev–Trinajstić information content (AvgIpc) is 2.42. The number of carbonyl (C=O) groups excluding carboxylic acids is 1. The van der Waals surface area contributed by atoms with Gasteiger partial charge in [0.15, 0.2) is 0 Å². The van der Waals surface area contributed by atoms with Gasteiger partial charge in [0.05, 0.1) is 4.92 Å². The van der Waals surface area contributed by atoms with Crippen LogP contribution in [0.15, 0.2) is 24.3 Å². The third-order valence-electron chi connectivity index (χ3n) is 2.22. The van der Waals surface area contributed by atoms with E-state index in [1.807, 2.05) is 0 Å². The maximum absolute atomic E-state index is 10.9. The Morgan fingerprint density at radius 2 is 2.00 bits per heavy atom. The summed E-state index contributed by atoms with van der Waals surface area (Å²) in [5.74, 6) is 0.000791. The van der Waals surface area contributed by atoms with E-state index in [0.717, 1.165) is 0 Å². The van der Waals surface area contributed by atoms with Gasteiger partial charge in [0.2, 0.25) is 0 Å². The first-order valence-electron chi connectivity index (χ1n) is 5.74. The van der Waals surface area contributed by atoms with Crippen molar-refractivity contribution in [2.45, 2.75) is 19.4 Å². The Kier molecular flexibility index (Phi) is 5.74. The van der Waals surface area contributed by atoms with Gasteiger partial charge >= 0.3 is 5.97 Å². The van der Waals surface area contributed by atoms with Crippen LogP contribution in [0.4, 0.5) is 5.69 Å². The van der Waals surface area contributed by atoms with Crippen LogP contribution in [0.2, 0.25) is 0 Å². The lowest BCUT2D eigenvalue weighted by Gasteiger charge is -2.12. The molecular weight excluding hydrogens is 254 g/mol. The van der Waals surface area contributed by atoms with Crippen LogP contribution in [0.25, 0.3) is 0 Å². The number of aliphatic hydroxyl groups excluding tert-OH is 1. The highest BCUT2D eigenvalue weighted by molar-refractivity contribution is 5.68. The first kappa shape index (κ1) is 14.9. The molecule has 0 saturated heterocycles. The molecule has 1 unspecified atom stereocenters. The Hall–Kier alpha value is -2.15. The molecule has 19 heavy (non-hydrogen) atoms. The van der Waals surface area contributed by atoms with E-state index in [0.29, 0.717) is 5.75 Å². The standard InChI is InChI=1S/C12H15NO6/c1-2-12(15)19-8-10(14)7-18-11-5-3-9(4-6-11)13(16)17/h3-6,10,14H,2,7-8H2,1H3. The van der Waals surface area contributed by atoms with Crippen molar-refractivity contribution >= 4 is 11.7 Å². The normalized spacial score (nSPS) is 11.7. The molecule has 0 amide bonds. The third kappa shape index (κ3) is 5.35. The van der Waals surface area contributed by atoms with Crippen molar-refractivity contribution in [3.63, 3.8) is 0 Å². The van der Waals surface area contributed by atoms with Crippen LogP contribution < -0.4 is 4.74 Å². The fraction of sp³-hybridized carbons (Fsp3) is 0.417. The van der Waals surface area contributed by atoms with Gasteiger partial charge in [-0.25, -0.2) is 0 Å². The molecule has 7 heteroatoms. The number of benzene rings is 1. The predicted molar refractivity (Wildman–Crippen MR) is 65.8 cm³/mol. The van der Waals surface area contributed by atoms with Gasteiger partial charge in [-0.2, -0.15) is 0 Å². The van der Waals surface area contributed by atoms with Gasteiger partial charge in [-0.15, -0.1) is 0 Å². The van der Waals surface area contributed by atoms with Crippen LogP contribution in [-0.4, -0.2) is 35.3 Å². The lowest BCUT2D eigenvalue weighted by Crippen LogP contribution is -2.25. The summed E-state index contributed by atoms with van der Waals surface area (Å²) in [6, 6.07) is 5.48. The van der Waals surface area contributed by atoms with E-state index in [9.17, 15) is 20.0 Å². The Morgan fingerprint density at radius 1 is 1.37 bits per heavy atom. The van der Waals surface area contributed by atoms with E-state index >= 15 is 0 Å². The maximum Gasteiger partial charge on any atom is 0.305 e. The minimum absolute atomic E-state index is 0.0372. The quantitative estimate of drug-likeness (QED) is 0.455. The first-order valence-corrected chi connectivity index (χ1v) is 5.74. The second kappa shape index (κ2) is 7.32. The second-order valence-corrected chi connectivity index (χ2v) is 3.75. The maximum atomic E-state index is 10.9. The molecule has 0 spiro atoms. The van der Waals surface area contributed by atoms with Gasteiger partial charge in [0.1, 0.15) is 25.1 Å². The number of nitro groups is 1. The van der Waals surface area contributed by atoms with Gasteiger partial charge in [0, 0.05) is 18.6 Å². The average molecular weight is 269 g/mol. The molecule has 1 aromatic rings. The number of hydrogen-bond donors (Lipinski definition) is 1. The molecule has 0 aliphatic carbocycles. The van der Waals surface area contributed by atoms with Crippen LogP contribution >= 0.6 is 0 Å². The lowest BCUT2D eigenvalue weighted by atomic mass is 10.3. The first-order chi connectivity index (χ1) is 9.02. The van der Waals surface area contributed by atoms with Gasteiger partial charge in [-0.05, 0) is 12.1 Å². The topological polar surface area (TPSA) is 98.9 Å². The summed E-state index contributed by atoms with van der Waals surface area (Å²) in [7, 11) is 0. The molecule has 1 rings (SSSR count). The highest BCUT2D eigenvalue weighted by Crippen LogP contribution is 2.17. The molecule has 7 nitrogen and oxygen atoms in total. The van der Waals surface area contributed by atoms with Crippen LogP contribution in [0.1, 0.15) is 13.3 Å². The summed E-state index contributed by atoms with van der Waals surface area (Å²) >= 11 is 0. The molecule has 0 bridgehead atoms. The smallest absolute Gasteiger partial charge is 0.305 e. The summed E-state index contributed by atoms with van der Waals surface area (Å²) in [6.45, 7) is 1.45. The fourth-order valence-corrected chi connectivity index (χ4v) is 1.20. The monoisotopic (exact) mass is 269 g/mol. The van der Waals surface area contributed by atoms with Crippen LogP contribution in [0, 0.1) is 10.1 Å². The summed E-state index contributed by atoms with van der Waals surface area (Å²) in [5.41, 5.74) is -0.0372. The molecule has 1 aromatic carbocycles. The van der Waals surface area contributed by atoms with Gasteiger partial charge in [-0.1, -0.05) is 6.92 Å². The number of non-ortho nitro benzene ring substituents is 1. The highest BCUT2D eigenvalue weighted by Gasteiger charge is 2.09. The molecule has 1 N–H and O–H groups in total. The molecule has 0 fully saturated rings. The Balaban J connectivity index is 2.35. The molecule has 1 atom stereocenters. The number of rotatable bonds is 7. The van der Waals surface area contributed by atoms with Crippen molar-refractivity contribution in [2.24, 2.45) is 0 Å². The predicted octanol–water partition coefficient (Wildman–Crippen LogP) is 1.29. The van der Waals surface area contributed by atoms with Crippen molar-refractivity contribution in [3.8, 4) is 5.75 Å². The molecule has 0 radical (unpaired) electrons. The number of ether oxygens (including phenoxy) is 2. The highest BCUT2D eigenvalue weighted by atomic mass is 16.6. The zero-order valence-electron chi connectivity index (χ0n) is 10.4. The molecule has 0 aliphatic rings. The number of nitro benzene ring substituents is 1. The van der Waals surface area contributed by atoms with E-state index < -0.39 is 17.0 Å². The number of nitrogens with zero attached hydrogens (tertiary/aromatic N) is 1. The number of hydrogen-bond acceptors (Lipinski definition) is 6. The second-order valence-electron chi connectivity index (χ2n) is 3.75. The van der Waals surface area contributed by atoms with E-state index in [1.54, 1.807) is 6.92 Å². The van der Waals surface area contributed by atoms with Gasteiger partial charge < -0.3 is 14.6 Å². The van der Waals surface area contributed by atoms with Gasteiger partial charge in [-0.3, -0.25) is 14.9 Å². The SMILES string of the molecule is CCC(=O)OCC(O)COc1ccc([N+](=O)[O-])cc1. The third-order valence-corrected chi connectivity index (χ3v) is 2.22. The number of esters is 1. The Morgan fingerprint density at radius 3 is 2.53 bits per heavy atom. The summed E-state index contributed by atoms with van der Waals surface area (Å²) in [6.07, 6.45) is -0.693. The molecule has 0 aliphatic heterocycles. The van der Waals surface area contributed by atoms with Crippen LogP contribution in [0.3, 0.4) is 0 Å². The largest absolute Gasteiger partial charge is 0.491 e.